The Labute approximate surface area is 140 Å². The lowest BCUT2D eigenvalue weighted by Crippen LogP contribution is -2.05. The molecule has 2 N–H and O–H groups in total. The Balaban J connectivity index is 0.000000256. The van der Waals surface area contributed by atoms with Crippen LogP contribution in [0.25, 0.3) is 0 Å². The molecule has 0 radical (unpaired) electrons. The highest BCUT2D eigenvalue weighted by Gasteiger charge is 2.26. The molecule has 0 heterocycles. The molecule has 2 aromatic rings. The highest BCUT2D eigenvalue weighted by atomic mass is 16.7. The molecular formula is C19H20O5. The van der Waals surface area contributed by atoms with Crippen molar-refractivity contribution in [2.24, 2.45) is 0 Å². The number of rotatable bonds is 2. The Morgan fingerprint density at radius 2 is 1.12 bits per heavy atom. The summed E-state index contributed by atoms with van der Waals surface area (Å²) in [6, 6.07) is 21.9. The number of ether oxygens (including phenoxy) is 1. The Hall–Kier alpha value is -2.82. The second-order valence-corrected chi connectivity index (χ2v) is 5.66. The number of benzene rings is 2. The fourth-order valence-corrected chi connectivity index (χ4v) is 3.11. The van der Waals surface area contributed by atoms with Crippen LogP contribution in [0.15, 0.2) is 60.7 Å². The van der Waals surface area contributed by atoms with E-state index >= 15 is 0 Å². The van der Waals surface area contributed by atoms with Crippen molar-refractivity contribution in [1.82, 2.24) is 0 Å². The third kappa shape index (κ3) is 5.43. The zero-order chi connectivity index (χ0) is 17.4. The molecule has 126 valence electrons. The molecule has 0 aromatic heterocycles. The van der Waals surface area contributed by atoms with Gasteiger partial charge in [-0.05, 0) is 42.2 Å². The fourth-order valence-electron chi connectivity index (χ4n) is 3.11. The van der Waals surface area contributed by atoms with Crippen molar-refractivity contribution in [1.29, 1.82) is 0 Å². The van der Waals surface area contributed by atoms with Crippen LogP contribution in [-0.4, -0.2) is 22.5 Å². The molecule has 1 aliphatic carbocycles. The van der Waals surface area contributed by atoms with Gasteiger partial charge in [-0.3, -0.25) is 0 Å². The van der Waals surface area contributed by atoms with Crippen molar-refractivity contribution >= 4 is 12.3 Å². The van der Waals surface area contributed by atoms with Crippen LogP contribution in [0.4, 0.5) is 9.59 Å². The average Bonchev–Trinajstić information content (AvgIpc) is 3.06. The quantitative estimate of drug-likeness (QED) is 0.592. The normalized spacial score (nSPS) is 19.0. The molecule has 0 saturated heterocycles. The Morgan fingerprint density at radius 3 is 1.42 bits per heavy atom. The topological polar surface area (TPSA) is 83.8 Å². The predicted octanol–water partition coefficient (Wildman–Crippen LogP) is 5.10. The summed E-state index contributed by atoms with van der Waals surface area (Å²) in [5.41, 5.74) is 3.04. The van der Waals surface area contributed by atoms with Crippen molar-refractivity contribution in [2.75, 3.05) is 0 Å². The number of hydrogen-bond donors (Lipinski definition) is 2. The van der Waals surface area contributed by atoms with E-state index in [2.05, 4.69) is 65.4 Å². The van der Waals surface area contributed by atoms with E-state index in [0.717, 1.165) is 11.8 Å². The molecule has 0 amide bonds. The van der Waals surface area contributed by atoms with Crippen LogP contribution >= 0.6 is 0 Å². The number of carboxylic acid groups (broad SMARTS) is 2. The van der Waals surface area contributed by atoms with Crippen LogP contribution < -0.4 is 0 Å². The summed E-state index contributed by atoms with van der Waals surface area (Å²) in [4.78, 5) is 18.4. The first kappa shape index (κ1) is 17.5. The first-order chi connectivity index (χ1) is 11.6. The summed E-state index contributed by atoms with van der Waals surface area (Å²) in [6.07, 6.45) is 0.362. The fraction of sp³-hybridized carbons (Fsp3) is 0.263. The number of carbonyl (C=O) groups is 2. The molecule has 0 bridgehead atoms. The largest absolute Gasteiger partial charge is 0.516 e. The molecule has 3 rings (SSSR count). The molecule has 24 heavy (non-hydrogen) atoms. The van der Waals surface area contributed by atoms with Gasteiger partial charge in [0.15, 0.2) is 0 Å². The molecule has 1 saturated carbocycles. The van der Waals surface area contributed by atoms with Gasteiger partial charge in [-0.2, -0.15) is 0 Å². The second-order valence-electron chi connectivity index (χ2n) is 5.66. The maximum Gasteiger partial charge on any atom is 0.516 e. The molecule has 0 spiro atoms. The van der Waals surface area contributed by atoms with E-state index in [1.165, 1.54) is 30.4 Å². The third-order valence-electron chi connectivity index (χ3n) is 4.15. The molecule has 2 atom stereocenters. The molecular weight excluding hydrogens is 308 g/mol. The second kappa shape index (κ2) is 8.72. The predicted molar refractivity (Wildman–Crippen MR) is 89.4 cm³/mol. The van der Waals surface area contributed by atoms with Gasteiger partial charge < -0.3 is 14.9 Å². The van der Waals surface area contributed by atoms with E-state index < -0.39 is 12.3 Å². The highest BCUT2D eigenvalue weighted by molar-refractivity contribution is 5.74. The number of hydrogen-bond acceptors (Lipinski definition) is 3. The van der Waals surface area contributed by atoms with E-state index in [9.17, 15) is 9.59 Å². The van der Waals surface area contributed by atoms with Crippen molar-refractivity contribution in [3.63, 3.8) is 0 Å². The van der Waals surface area contributed by atoms with Gasteiger partial charge in [-0.15, -0.1) is 0 Å². The van der Waals surface area contributed by atoms with E-state index in [1.54, 1.807) is 0 Å². The summed E-state index contributed by atoms with van der Waals surface area (Å²) < 4.78 is 3.08. The Morgan fingerprint density at radius 1 is 0.750 bits per heavy atom. The van der Waals surface area contributed by atoms with Gasteiger partial charge in [0.1, 0.15) is 0 Å². The molecule has 0 aliphatic heterocycles. The van der Waals surface area contributed by atoms with Gasteiger partial charge in [0, 0.05) is 0 Å². The van der Waals surface area contributed by atoms with Gasteiger partial charge >= 0.3 is 12.3 Å². The third-order valence-corrected chi connectivity index (χ3v) is 4.15. The van der Waals surface area contributed by atoms with Crippen LogP contribution in [0.3, 0.4) is 0 Å². The highest BCUT2D eigenvalue weighted by Crippen LogP contribution is 2.43. The zero-order valence-electron chi connectivity index (χ0n) is 13.2. The lowest BCUT2D eigenvalue weighted by atomic mass is 9.93. The van der Waals surface area contributed by atoms with Crippen LogP contribution in [-0.2, 0) is 4.74 Å². The smallest absolute Gasteiger partial charge is 0.449 e. The standard InChI is InChI=1S/C17H18.C2H2O5/c1-3-7-14(8-4-1)16-11-12-17(13-16)15-9-5-2-6-10-15;3-1(4)7-2(5)6/h1-10,16-17H,11-13H2;(H,3,4)(H,5,6). The summed E-state index contributed by atoms with van der Waals surface area (Å²) in [6.45, 7) is 0. The van der Waals surface area contributed by atoms with Crippen LogP contribution in [0.5, 0.6) is 0 Å². The van der Waals surface area contributed by atoms with Gasteiger partial charge in [0.05, 0.1) is 0 Å². The minimum absolute atomic E-state index is 0.765. The first-order valence-corrected chi connectivity index (χ1v) is 7.80. The van der Waals surface area contributed by atoms with Crippen molar-refractivity contribution < 1.29 is 24.5 Å². The summed E-state index contributed by atoms with van der Waals surface area (Å²) in [7, 11) is 0. The molecule has 1 fully saturated rings. The SMILES string of the molecule is O=C(O)OC(=O)O.c1ccc(C2CCC(c3ccccc3)C2)cc1. The zero-order valence-corrected chi connectivity index (χ0v) is 13.2. The molecule has 2 unspecified atom stereocenters. The average molecular weight is 328 g/mol. The molecule has 5 heteroatoms. The van der Waals surface area contributed by atoms with E-state index in [1.807, 2.05) is 0 Å². The first-order valence-electron chi connectivity index (χ1n) is 7.80. The minimum atomic E-state index is -1.81. The summed E-state index contributed by atoms with van der Waals surface area (Å²) >= 11 is 0. The van der Waals surface area contributed by atoms with Crippen LogP contribution in [0.2, 0.25) is 0 Å². The van der Waals surface area contributed by atoms with Gasteiger partial charge in [0.25, 0.3) is 0 Å². The van der Waals surface area contributed by atoms with Gasteiger partial charge in [-0.1, -0.05) is 60.7 Å². The molecule has 2 aromatic carbocycles. The van der Waals surface area contributed by atoms with Gasteiger partial charge in [-0.25, -0.2) is 9.59 Å². The summed E-state index contributed by atoms with van der Waals surface area (Å²) in [5, 5.41) is 15.0. The Kier molecular flexibility index (Phi) is 6.37. The maximum atomic E-state index is 9.21. The lowest BCUT2D eigenvalue weighted by molar-refractivity contribution is 0.0802. The van der Waals surface area contributed by atoms with Crippen LogP contribution in [0.1, 0.15) is 42.2 Å². The lowest BCUT2D eigenvalue weighted by Gasteiger charge is -2.12. The summed E-state index contributed by atoms with van der Waals surface area (Å²) in [5.74, 6) is 1.53. The maximum absolute atomic E-state index is 9.21. The van der Waals surface area contributed by atoms with Crippen molar-refractivity contribution in [3.05, 3.63) is 71.8 Å². The Bertz CT molecular complexity index is 596. The monoisotopic (exact) mass is 328 g/mol. The van der Waals surface area contributed by atoms with Gasteiger partial charge in [0.2, 0.25) is 0 Å². The van der Waals surface area contributed by atoms with E-state index in [4.69, 9.17) is 10.2 Å². The van der Waals surface area contributed by atoms with E-state index in [0.29, 0.717) is 0 Å². The molecule has 1 aliphatic rings. The minimum Gasteiger partial charge on any atom is -0.449 e. The van der Waals surface area contributed by atoms with Crippen molar-refractivity contribution in [2.45, 2.75) is 31.1 Å². The van der Waals surface area contributed by atoms with Crippen molar-refractivity contribution in [3.8, 4) is 0 Å². The van der Waals surface area contributed by atoms with Crippen LogP contribution in [0, 0.1) is 0 Å². The molecule has 5 nitrogen and oxygen atoms in total. The van der Waals surface area contributed by atoms with E-state index in [-0.39, 0.29) is 0 Å².